The fraction of sp³-hybridized carbons (Fsp3) is 0.250. The number of hydrogen-bond acceptors (Lipinski definition) is 3. The lowest BCUT2D eigenvalue weighted by Gasteiger charge is -2.23. The maximum atomic E-state index is 13.1. The summed E-state index contributed by atoms with van der Waals surface area (Å²) in [6, 6.07) is 22.8. The smallest absolute Gasteiger partial charge is 0.241 e. The molecule has 0 unspecified atom stereocenters. The number of aryl methyl sites for hydroxylation is 1. The normalized spacial score (nSPS) is 21.0. The third-order valence-electron chi connectivity index (χ3n) is 5.79. The quantitative estimate of drug-likeness (QED) is 0.661. The summed E-state index contributed by atoms with van der Waals surface area (Å²) < 4.78 is 34.6. The fourth-order valence-corrected chi connectivity index (χ4v) is 5.56. The first kappa shape index (κ1) is 19.7. The molecule has 0 amide bonds. The van der Waals surface area contributed by atoms with Gasteiger partial charge in [-0.2, -0.15) is 0 Å². The Balaban J connectivity index is 1.76. The lowest BCUT2D eigenvalue weighted by molar-refractivity contribution is 0.411. The van der Waals surface area contributed by atoms with E-state index in [0.29, 0.717) is 0 Å². The van der Waals surface area contributed by atoms with Crippen molar-refractivity contribution in [2.75, 3.05) is 7.11 Å². The van der Waals surface area contributed by atoms with E-state index in [2.05, 4.69) is 29.8 Å². The molecule has 5 heteroatoms. The Labute approximate surface area is 172 Å². The SMILES string of the molecule is COc1ccc2c(c1)[C@@H](NS(=O)(=O)c1ccc(C)cc1)[C@H](C)[C@H]2c1ccccc1. The summed E-state index contributed by atoms with van der Waals surface area (Å²) in [7, 11) is -2.03. The van der Waals surface area contributed by atoms with E-state index in [1.54, 1.807) is 19.2 Å². The van der Waals surface area contributed by atoms with Gasteiger partial charge in [-0.25, -0.2) is 13.1 Å². The van der Waals surface area contributed by atoms with Crippen molar-refractivity contribution in [3.05, 3.63) is 95.1 Å². The highest BCUT2D eigenvalue weighted by atomic mass is 32.2. The molecule has 0 bridgehead atoms. The van der Waals surface area contributed by atoms with Crippen molar-refractivity contribution in [2.45, 2.75) is 30.7 Å². The minimum absolute atomic E-state index is 0.0553. The minimum Gasteiger partial charge on any atom is -0.497 e. The maximum absolute atomic E-state index is 13.1. The summed E-state index contributed by atoms with van der Waals surface area (Å²) in [5.74, 6) is 0.895. The van der Waals surface area contributed by atoms with Crippen LogP contribution in [0.2, 0.25) is 0 Å². The van der Waals surface area contributed by atoms with E-state index in [1.807, 2.05) is 49.4 Å². The number of ether oxygens (including phenoxy) is 1. The van der Waals surface area contributed by atoms with Crippen LogP contribution in [0.15, 0.2) is 77.7 Å². The van der Waals surface area contributed by atoms with E-state index in [4.69, 9.17) is 4.74 Å². The molecule has 3 aromatic rings. The number of fused-ring (bicyclic) bond motifs is 1. The second kappa shape index (κ2) is 7.65. The van der Waals surface area contributed by atoms with Crippen molar-refractivity contribution in [1.29, 1.82) is 0 Å². The lowest BCUT2D eigenvalue weighted by Crippen LogP contribution is -2.31. The molecule has 0 fully saturated rings. The predicted octanol–water partition coefficient (Wildman–Crippen LogP) is 4.80. The Morgan fingerprint density at radius 2 is 1.59 bits per heavy atom. The molecule has 1 aliphatic carbocycles. The molecule has 1 N–H and O–H groups in total. The predicted molar refractivity (Wildman–Crippen MR) is 115 cm³/mol. The average Bonchev–Trinajstić information content (AvgIpc) is 2.99. The van der Waals surface area contributed by atoms with Crippen LogP contribution >= 0.6 is 0 Å². The van der Waals surface area contributed by atoms with E-state index >= 15 is 0 Å². The van der Waals surface area contributed by atoms with Crippen LogP contribution in [0.25, 0.3) is 0 Å². The van der Waals surface area contributed by atoms with Crippen molar-refractivity contribution in [3.8, 4) is 5.75 Å². The van der Waals surface area contributed by atoms with Gasteiger partial charge in [-0.1, -0.05) is 61.0 Å². The van der Waals surface area contributed by atoms with Gasteiger partial charge in [0.25, 0.3) is 0 Å². The van der Waals surface area contributed by atoms with Crippen molar-refractivity contribution in [2.24, 2.45) is 5.92 Å². The number of sulfonamides is 1. The number of benzene rings is 3. The molecule has 0 saturated heterocycles. The van der Waals surface area contributed by atoms with Gasteiger partial charge in [-0.05, 0) is 53.8 Å². The van der Waals surface area contributed by atoms with Crippen LogP contribution in [-0.2, 0) is 10.0 Å². The van der Waals surface area contributed by atoms with Gasteiger partial charge in [-0.3, -0.25) is 0 Å². The Morgan fingerprint density at radius 1 is 0.897 bits per heavy atom. The highest BCUT2D eigenvalue weighted by molar-refractivity contribution is 7.89. The van der Waals surface area contributed by atoms with Gasteiger partial charge in [0.1, 0.15) is 5.75 Å². The summed E-state index contributed by atoms with van der Waals surface area (Å²) >= 11 is 0. The van der Waals surface area contributed by atoms with Crippen molar-refractivity contribution in [3.63, 3.8) is 0 Å². The number of hydrogen-bond donors (Lipinski definition) is 1. The molecule has 0 saturated carbocycles. The van der Waals surface area contributed by atoms with E-state index in [9.17, 15) is 8.42 Å². The van der Waals surface area contributed by atoms with E-state index < -0.39 is 10.0 Å². The molecule has 0 radical (unpaired) electrons. The van der Waals surface area contributed by atoms with Crippen molar-refractivity contribution < 1.29 is 13.2 Å². The molecule has 4 rings (SSSR count). The Kier molecular flexibility index (Phi) is 5.19. The first-order valence-corrected chi connectivity index (χ1v) is 11.2. The third-order valence-corrected chi connectivity index (χ3v) is 7.24. The highest BCUT2D eigenvalue weighted by Gasteiger charge is 2.41. The summed E-state index contributed by atoms with van der Waals surface area (Å²) in [6.45, 7) is 4.04. The van der Waals surface area contributed by atoms with Crippen LogP contribution in [0.4, 0.5) is 0 Å². The Bertz CT molecular complexity index is 1110. The molecule has 3 atom stereocenters. The van der Waals surface area contributed by atoms with Crippen molar-refractivity contribution >= 4 is 10.0 Å². The topological polar surface area (TPSA) is 55.4 Å². The standard InChI is InChI=1S/C24H25NO3S/c1-16-9-12-20(13-10-16)29(26,27)25-24-17(2)23(18-7-5-4-6-8-18)21-14-11-19(28-3)15-22(21)24/h4-15,17,23-25H,1-3H3/t17-,23+,24+/m1/s1. The van der Waals surface area contributed by atoms with Gasteiger partial charge in [-0.15, -0.1) is 0 Å². The van der Waals surface area contributed by atoms with E-state index in [-0.39, 0.29) is 22.8 Å². The zero-order valence-electron chi connectivity index (χ0n) is 16.8. The molecule has 150 valence electrons. The molecular weight excluding hydrogens is 382 g/mol. The van der Waals surface area contributed by atoms with Gasteiger partial charge in [0.2, 0.25) is 10.0 Å². The number of methoxy groups -OCH3 is 1. The van der Waals surface area contributed by atoms with Crippen LogP contribution in [-0.4, -0.2) is 15.5 Å². The summed E-state index contributed by atoms with van der Waals surface area (Å²) in [5, 5.41) is 0. The zero-order chi connectivity index (χ0) is 20.6. The largest absolute Gasteiger partial charge is 0.497 e. The summed E-state index contributed by atoms with van der Waals surface area (Å²) in [5.41, 5.74) is 4.32. The zero-order valence-corrected chi connectivity index (χ0v) is 17.6. The number of rotatable bonds is 5. The molecule has 0 aliphatic heterocycles. The van der Waals surface area contributed by atoms with Crippen molar-refractivity contribution in [1.82, 2.24) is 4.72 Å². The second-order valence-corrected chi connectivity index (χ2v) is 9.37. The molecule has 0 aromatic heterocycles. The first-order chi connectivity index (χ1) is 13.9. The molecule has 0 spiro atoms. The van der Waals surface area contributed by atoms with E-state index in [1.165, 1.54) is 5.56 Å². The summed E-state index contributed by atoms with van der Waals surface area (Å²) in [4.78, 5) is 0.280. The molecule has 4 nitrogen and oxygen atoms in total. The molecule has 0 heterocycles. The molecule has 3 aromatic carbocycles. The van der Waals surface area contributed by atoms with Crippen LogP contribution in [0.5, 0.6) is 5.75 Å². The van der Waals surface area contributed by atoms with Gasteiger partial charge in [0.15, 0.2) is 0 Å². The summed E-state index contributed by atoms with van der Waals surface area (Å²) in [6.07, 6.45) is 0. The minimum atomic E-state index is -3.65. The van der Waals surface area contributed by atoms with Gasteiger partial charge >= 0.3 is 0 Å². The fourth-order valence-electron chi connectivity index (χ4n) is 4.26. The van der Waals surface area contributed by atoms with Gasteiger partial charge in [0, 0.05) is 5.92 Å². The van der Waals surface area contributed by atoms with Crippen LogP contribution in [0, 0.1) is 12.8 Å². The lowest BCUT2D eigenvalue weighted by atomic mass is 9.86. The monoisotopic (exact) mass is 407 g/mol. The average molecular weight is 408 g/mol. The first-order valence-electron chi connectivity index (χ1n) is 9.72. The van der Waals surface area contributed by atoms with E-state index in [0.717, 1.165) is 22.4 Å². The highest BCUT2D eigenvalue weighted by Crippen LogP contribution is 2.49. The maximum Gasteiger partial charge on any atom is 0.241 e. The second-order valence-electron chi connectivity index (χ2n) is 7.65. The Hall–Kier alpha value is -2.63. The van der Waals surface area contributed by atoms with Crippen LogP contribution < -0.4 is 9.46 Å². The van der Waals surface area contributed by atoms with Gasteiger partial charge < -0.3 is 4.74 Å². The Morgan fingerprint density at radius 3 is 2.24 bits per heavy atom. The van der Waals surface area contributed by atoms with Crippen LogP contribution in [0.1, 0.15) is 41.1 Å². The number of nitrogens with one attached hydrogen (secondary N) is 1. The third kappa shape index (κ3) is 3.68. The van der Waals surface area contributed by atoms with Crippen LogP contribution in [0.3, 0.4) is 0 Å². The molecule has 29 heavy (non-hydrogen) atoms. The molecular formula is C24H25NO3S. The van der Waals surface area contributed by atoms with Gasteiger partial charge in [0.05, 0.1) is 18.0 Å². The molecule has 1 aliphatic rings.